The van der Waals surface area contributed by atoms with Crippen LogP contribution in [0.15, 0.2) is 54.6 Å². The molecule has 0 unspecified atom stereocenters. The van der Waals surface area contributed by atoms with E-state index >= 15 is 0 Å². The summed E-state index contributed by atoms with van der Waals surface area (Å²) in [5.41, 5.74) is 2.22. The van der Waals surface area contributed by atoms with Gasteiger partial charge in [0.25, 0.3) is 5.91 Å². The second-order valence-corrected chi connectivity index (χ2v) is 5.60. The summed E-state index contributed by atoms with van der Waals surface area (Å²) in [7, 11) is 0. The summed E-state index contributed by atoms with van der Waals surface area (Å²) in [6.07, 6.45) is 0.162. The zero-order valence-electron chi connectivity index (χ0n) is 13.2. The molecule has 1 aromatic heterocycles. The zero-order valence-corrected chi connectivity index (χ0v) is 13.2. The van der Waals surface area contributed by atoms with Crippen LogP contribution in [0.2, 0.25) is 0 Å². The number of amides is 2. The normalized spacial score (nSPS) is 11.9. The molecule has 0 bridgehead atoms. The molecule has 3 rings (SSSR count). The van der Waals surface area contributed by atoms with Crippen molar-refractivity contribution in [3.63, 3.8) is 0 Å². The fraction of sp³-hybridized carbons (Fsp3) is 0.167. The standard InChI is InChI=1S/C18H18N4O2/c1-12(19-17(24)13-7-3-2-4-8-13)11-16(23)22-18-20-14-9-5-6-10-15(14)21-18/h2-10,12H,11H2,1H3,(H,19,24)(H2,20,21,22,23)/t12-/m0/s1. The van der Waals surface area contributed by atoms with E-state index in [-0.39, 0.29) is 24.3 Å². The van der Waals surface area contributed by atoms with Gasteiger partial charge in [-0.05, 0) is 31.2 Å². The molecule has 3 aromatic rings. The van der Waals surface area contributed by atoms with Crippen molar-refractivity contribution in [2.24, 2.45) is 0 Å². The molecule has 0 fully saturated rings. The maximum atomic E-state index is 12.1. The largest absolute Gasteiger partial charge is 0.349 e. The highest BCUT2D eigenvalue weighted by Crippen LogP contribution is 2.13. The third-order valence-corrected chi connectivity index (χ3v) is 3.55. The van der Waals surface area contributed by atoms with E-state index in [1.54, 1.807) is 31.2 Å². The quantitative estimate of drug-likeness (QED) is 0.675. The van der Waals surface area contributed by atoms with Crippen molar-refractivity contribution in [1.29, 1.82) is 0 Å². The lowest BCUT2D eigenvalue weighted by Gasteiger charge is -2.13. The molecule has 2 aromatic carbocycles. The van der Waals surface area contributed by atoms with Crippen LogP contribution in [0.3, 0.4) is 0 Å². The van der Waals surface area contributed by atoms with Gasteiger partial charge in [0, 0.05) is 18.0 Å². The molecule has 2 amide bonds. The van der Waals surface area contributed by atoms with Crippen LogP contribution in [0, 0.1) is 0 Å². The lowest BCUT2D eigenvalue weighted by Crippen LogP contribution is -2.35. The summed E-state index contributed by atoms with van der Waals surface area (Å²) in [5.74, 6) is -0.00246. The Balaban J connectivity index is 1.55. The SMILES string of the molecule is C[C@@H](CC(=O)Nc1nc2ccccc2[nH]1)NC(=O)c1ccccc1. The Bertz CT molecular complexity index is 825. The molecule has 0 radical (unpaired) electrons. The van der Waals surface area contributed by atoms with E-state index in [9.17, 15) is 9.59 Å². The minimum atomic E-state index is -0.290. The number of H-pyrrole nitrogens is 1. The number of aromatic nitrogens is 2. The van der Waals surface area contributed by atoms with Crippen molar-refractivity contribution in [1.82, 2.24) is 15.3 Å². The van der Waals surface area contributed by atoms with Crippen molar-refractivity contribution in [2.45, 2.75) is 19.4 Å². The number of aromatic amines is 1. The van der Waals surface area contributed by atoms with Gasteiger partial charge in [-0.3, -0.25) is 14.9 Å². The van der Waals surface area contributed by atoms with E-state index in [1.165, 1.54) is 0 Å². The number of hydrogen-bond donors (Lipinski definition) is 3. The average molecular weight is 322 g/mol. The Hall–Kier alpha value is -3.15. The van der Waals surface area contributed by atoms with Gasteiger partial charge in [0.1, 0.15) is 0 Å². The van der Waals surface area contributed by atoms with Gasteiger partial charge in [-0.1, -0.05) is 30.3 Å². The van der Waals surface area contributed by atoms with Gasteiger partial charge < -0.3 is 10.3 Å². The van der Waals surface area contributed by atoms with Crippen molar-refractivity contribution in [3.05, 3.63) is 60.2 Å². The van der Waals surface area contributed by atoms with Gasteiger partial charge in [-0.15, -0.1) is 0 Å². The van der Waals surface area contributed by atoms with Crippen LogP contribution < -0.4 is 10.6 Å². The summed E-state index contributed by atoms with van der Waals surface area (Å²) >= 11 is 0. The number of nitrogens with one attached hydrogen (secondary N) is 3. The van der Waals surface area contributed by atoms with Crippen molar-refractivity contribution >= 4 is 28.8 Å². The second-order valence-electron chi connectivity index (χ2n) is 5.60. The lowest BCUT2D eigenvalue weighted by atomic mass is 10.1. The molecule has 1 atom stereocenters. The second kappa shape index (κ2) is 6.95. The zero-order chi connectivity index (χ0) is 16.9. The number of anilines is 1. The monoisotopic (exact) mass is 322 g/mol. The molecule has 3 N–H and O–H groups in total. The molecule has 0 spiro atoms. The summed E-state index contributed by atoms with van der Waals surface area (Å²) in [4.78, 5) is 31.5. The molecule has 24 heavy (non-hydrogen) atoms. The Morgan fingerprint density at radius 2 is 1.79 bits per heavy atom. The number of rotatable bonds is 5. The first-order chi connectivity index (χ1) is 11.6. The van der Waals surface area contributed by atoms with Gasteiger partial charge in [0.2, 0.25) is 11.9 Å². The van der Waals surface area contributed by atoms with Gasteiger partial charge in [0.15, 0.2) is 0 Å². The first kappa shape index (κ1) is 15.7. The number of para-hydroxylation sites is 2. The third kappa shape index (κ3) is 3.78. The smallest absolute Gasteiger partial charge is 0.251 e. The Morgan fingerprint density at radius 3 is 2.54 bits per heavy atom. The van der Waals surface area contributed by atoms with Gasteiger partial charge >= 0.3 is 0 Å². The number of carbonyl (C=O) groups excluding carboxylic acids is 2. The van der Waals surface area contributed by atoms with E-state index in [0.29, 0.717) is 11.5 Å². The Morgan fingerprint density at radius 1 is 1.08 bits per heavy atom. The van der Waals surface area contributed by atoms with E-state index in [0.717, 1.165) is 11.0 Å². The number of carbonyl (C=O) groups is 2. The van der Waals surface area contributed by atoms with Crippen molar-refractivity contribution < 1.29 is 9.59 Å². The van der Waals surface area contributed by atoms with Crippen LogP contribution in [-0.2, 0) is 4.79 Å². The molecule has 0 aliphatic carbocycles. The molecular weight excluding hydrogens is 304 g/mol. The number of fused-ring (bicyclic) bond motifs is 1. The minimum Gasteiger partial charge on any atom is -0.349 e. The lowest BCUT2D eigenvalue weighted by molar-refractivity contribution is -0.116. The number of nitrogens with zero attached hydrogens (tertiary/aromatic N) is 1. The average Bonchev–Trinajstić information content (AvgIpc) is 2.97. The van der Waals surface area contributed by atoms with Crippen LogP contribution in [0.4, 0.5) is 5.95 Å². The van der Waals surface area contributed by atoms with Crippen LogP contribution in [0.5, 0.6) is 0 Å². The topological polar surface area (TPSA) is 86.9 Å². The van der Waals surface area contributed by atoms with Gasteiger partial charge in [0.05, 0.1) is 11.0 Å². The van der Waals surface area contributed by atoms with Crippen LogP contribution in [0.1, 0.15) is 23.7 Å². The predicted octanol–water partition coefficient (Wildman–Crippen LogP) is 2.71. The van der Waals surface area contributed by atoms with Crippen LogP contribution >= 0.6 is 0 Å². The maximum absolute atomic E-state index is 12.1. The summed E-state index contributed by atoms with van der Waals surface area (Å²) in [6.45, 7) is 1.79. The number of imidazole rings is 1. The minimum absolute atomic E-state index is 0.162. The first-order valence-corrected chi connectivity index (χ1v) is 7.72. The summed E-state index contributed by atoms with van der Waals surface area (Å²) < 4.78 is 0. The van der Waals surface area contributed by atoms with Gasteiger partial charge in [-0.2, -0.15) is 0 Å². The summed E-state index contributed by atoms with van der Waals surface area (Å²) in [5, 5.41) is 5.53. The highest BCUT2D eigenvalue weighted by Gasteiger charge is 2.14. The van der Waals surface area contributed by atoms with E-state index in [2.05, 4.69) is 20.6 Å². The maximum Gasteiger partial charge on any atom is 0.251 e. The molecule has 1 heterocycles. The Kier molecular flexibility index (Phi) is 4.56. The van der Waals surface area contributed by atoms with E-state index in [1.807, 2.05) is 30.3 Å². The molecule has 6 heteroatoms. The predicted molar refractivity (Wildman–Crippen MR) is 92.7 cm³/mol. The fourth-order valence-electron chi connectivity index (χ4n) is 2.42. The van der Waals surface area contributed by atoms with Crippen LogP contribution in [-0.4, -0.2) is 27.8 Å². The summed E-state index contributed by atoms with van der Waals surface area (Å²) in [6, 6.07) is 16.2. The molecule has 0 aliphatic rings. The van der Waals surface area contributed by atoms with Crippen LogP contribution in [0.25, 0.3) is 11.0 Å². The van der Waals surface area contributed by atoms with Crippen molar-refractivity contribution in [3.8, 4) is 0 Å². The Labute approximate surface area is 139 Å². The van der Waals surface area contributed by atoms with Gasteiger partial charge in [-0.25, -0.2) is 4.98 Å². The first-order valence-electron chi connectivity index (χ1n) is 7.72. The van der Waals surface area contributed by atoms with Crippen molar-refractivity contribution in [2.75, 3.05) is 5.32 Å². The molecule has 6 nitrogen and oxygen atoms in total. The molecular formula is C18H18N4O2. The highest BCUT2D eigenvalue weighted by molar-refractivity contribution is 5.95. The van der Waals surface area contributed by atoms with E-state index in [4.69, 9.17) is 0 Å². The van der Waals surface area contributed by atoms with E-state index < -0.39 is 0 Å². The number of hydrogen-bond acceptors (Lipinski definition) is 3. The molecule has 122 valence electrons. The molecule has 0 aliphatic heterocycles. The highest BCUT2D eigenvalue weighted by atomic mass is 16.2. The fourth-order valence-corrected chi connectivity index (χ4v) is 2.42. The molecule has 0 saturated heterocycles. The molecule has 0 saturated carbocycles. The number of benzene rings is 2. The third-order valence-electron chi connectivity index (χ3n) is 3.55.